The van der Waals surface area contributed by atoms with Gasteiger partial charge in [-0.3, -0.25) is 4.79 Å². The van der Waals surface area contributed by atoms with Crippen molar-refractivity contribution in [1.29, 1.82) is 0 Å². The van der Waals surface area contributed by atoms with Gasteiger partial charge in [0, 0.05) is 18.0 Å². The molecule has 1 aromatic carbocycles. The van der Waals surface area contributed by atoms with Crippen molar-refractivity contribution in [3.63, 3.8) is 0 Å². The predicted octanol–water partition coefficient (Wildman–Crippen LogP) is 3.53. The van der Waals surface area contributed by atoms with Gasteiger partial charge in [0.2, 0.25) is 5.91 Å². The van der Waals surface area contributed by atoms with Gasteiger partial charge in [-0.1, -0.05) is 12.1 Å². The zero-order valence-corrected chi connectivity index (χ0v) is 15.0. The largest absolute Gasteiger partial charge is 0.332 e. The number of aryl methyl sites for hydroxylation is 1. The molecule has 2 atom stereocenters. The minimum Gasteiger partial charge on any atom is -0.332 e. The van der Waals surface area contributed by atoms with Gasteiger partial charge in [0.1, 0.15) is 0 Å². The molecule has 0 saturated carbocycles. The summed E-state index contributed by atoms with van der Waals surface area (Å²) in [6.45, 7) is 7.19. The number of rotatable bonds is 5. The van der Waals surface area contributed by atoms with Gasteiger partial charge in [-0.25, -0.2) is 9.78 Å². The lowest BCUT2D eigenvalue weighted by atomic mass is 10.1. The number of carbonyl (C=O) groups excluding carboxylic acids is 2. The van der Waals surface area contributed by atoms with Gasteiger partial charge in [-0.15, -0.1) is 11.3 Å². The Kier molecular flexibility index (Phi) is 5.92. The Bertz CT molecular complexity index is 729. The van der Waals surface area contributed by atoms with Gasteiger partial charge in [0.15, 0.2) is 0 Å². The summed E-state index contributed by atoms with van der Waals surface area (Å²) in [6, 6.07) is 6.80. The summed E-state index contributed by atoms with van der Waals surface area (Å²) in [6.07, 6.45) is 0. The third kappa shape index (κ3) is 5.06. The van der Waals surface area contributed by atoms with Gasteiger partial charge in [0.05, 0.1) is 22.8 Å². The summed E-state index contributed by atoms with van der Waals surface area (Å²) in [4.78, 5) is 27.7. The number of anilines is 1. The highest BCUT2D eigenvalue weighted by Gasteiger charge is 2.15. The molecular weight excluding hydrogens is 324 g/mol. The van der Waals surface area contributed by atoms with Crippen molar-refractivity contribution in [1.82, 2.24) is 15.6 Å². The Labute approximate surface area is 145 Å². The first-order chi connectivity index (χ1) is 11.3. The molecule has 0 aliphatic carbocycles. The second-order valence-corrected chi connectivity index (χ2v) is 6.72. The van der Waals surface area contributed by atoms with Crippen molar-refractivity contribution in [3.8, 4) is 0 Å². The van der Waals surface area contributed by atoms with Gasteiger partial charge in [-0.05, 0) is 38.5 Å². The molecule has 6 nitrogen and oxygen atoms in total. The Morgan fingerprint density at radius 1 is 1.17 bits per heavy atom. The van der Waals surface area contributed by atoms with Crippen LogP contribution in [0.5, 0.6) is 0 Å². The minimum absolute atomic E-state index is 0.127. The summed E-state index contributed by atoms with van der Waals surface area (Å²) in [7, 11) is 0. The first kappa shape index (κ1) is 17.9. The highest BCUT2D eigenvalue weighted by molar-refractivity contribution is 7.09. The maximum absolute atomic E-state index is 12.2. The molecule has 0 fully saturated rings. The van der Waals surface area contributed by atoms with Crippen LogP contribution in [0.3, 0.4) is 0 Å². The van der Waals surface area contributed by atoms with Gasteiger partial charge in [-0.2, -0.15) is 0 Å². The van der Waals surface area contributed by atoms with Crippen LogP contribution in [-0.2, 0) is 4.79 Å². The molecule has 0 bridgehead atoms. The van der Waals surface area contributed by atoms with E-state index in [9.17, 15) is 9.59 Å². The van der Waals surface area contributed by atoms with Crippen molar-refractivity contribution >= 4 is 29.0 Å². The molecule has 0 spiro atoms. The van der Waals surface area contributed by atoms with Crippen LogP contribution < -0.4 is 16.0 Å². The number of thiazole rings is 1. The molecular formula is C17H22N4O2S. The molecule has 1 aromatic heterocycles. The van der Waals surface area contributed by atoms with E-state index in [0.29, 0.717) is 5.69 Å². The van der Waals surface area contributed by atoms with E-state index >= 15 is 0 Å². The molecule has 0 saturated heterocycles. The Hall–Kier alpha value is -2.41. The average Bonchev–Trinajstić information content (AvgIpc) is 2.93. The van der Waals surface area contributed by atoms with Crippen LogP contribution in [0.2, 0.25) is 0 Å². The Balaban J connectivity index is 1.94. The topological polar surface area (TPSA) is 83.1 Å². The molecule has 3 amide bonds. The van der Waals surface area contributed by atoms with E-state index in [1.807, 2.05) is 50.4 Å². The fourth-order valence-corrected chi connectivity index (χ4v) is 2.97. The molecule has 1 heterocycles. The molecule has 2 rings (SSSR count). The van der Waals surface area contributed by atoms with Crippen molar-refractivity contribution in [2.75, 3.05) is 5.32 Å². The van der Waals surface area contributed by atoms with Crippen molar-refractivity contribution in [3.05, 3.63) is 45.9 Å². The second kappa shape index (κ2) is 7.92. The summed E-state index contributed by atoms with van der Waals surface area (Å²) in [5.74, 6) is -0.127. The molecule has 128 valence electrons. The number of urea groups is 1. The van der Waals surface area contributed by atoms with E-state index in [2.05, 4.69) is 20.9 Å². The minimum atomic E-state index is -0.259. The summed E-state index contributed by atoms with van der Waals surface area (Å²) in [5, 5.41) is 11.4. The van der Waals surface area contributed by atoms with Crippen LogP contribution in [0.15, 0.2) is 29.6 Å². The third-order valence-corrected chi connectivity index (χ3v) is 4.27. The number of hydrogen-bond donors (Lipinski definition) is 3. The van der Waals surface area contributed by atoms with Gasteiger partial charge < -0.3 is 16.0 Å². The highest BCUT2D eigenvalue weighted by Crippen LogP contribution is 2.18. The van der Waals surface area contributed by atoms with E-state index in [1.165, 1.54) is 6.92 Å². The van der Waals surface area contributed by atoms with Crippen LogP contribution in [0.1, 0.15) is 49.1 Å². The van der Waals surface area contributed by atoms with E-state index in [0.717, 1.165) is 16.3 Å². The molecule has 0 unspecified atom stereocenters. The van der Waals surface area contributed by atoms with Gasteiger partial charge >= 0.3 is 6.03 Å². The number of benzene rings is 1. The fourth-order valence-electron chi connectivity index (χ4n) is 2.26. The molecule has 3 N–H and O–H groups in total. The van der Waals surface area contributed by atoms with Gasteiger partial charge in [0.25, 0.3) is 0 Å². The molecule has 0 aliphatic rings. The number of nitrogens with one attached hydrogen (secondary N) is 3. The number of nitrogens with zero attached hydrogens (tertiary/aromatic N) is 1. The second-order valence-electron chi connectivity index (χ2n) is 5.66. The maximum atomic E-state index is 12.2. The van der Waals surface area contributed by atoms with E-state index in [4.69, 9.17) is 0 Å². The van der Waals surface area contributed by atoms with E-state index < -0.39 is 0 Å². The van der Waals surface area contributed by atoms with Crippen LogP contribution >= 0.6 is 11.3 Å². The van der Waals surface area contributed by atoms with Crippen LogP contribution in [0.4, 0.5) is 10.5 Å². The molecule has 2 aromatic rings. The summed E-state index contributed by atoms with van der Waals surface area (Å²) < 4.78 is 0. The lowest BCUT2D eigenvalue weighted by molar-refractivity contribution is -0.114. The van der Waals surface area contributed by atoms with Crippen LogP contribution in [0.25, 0.3) is 0 Å². The number of amides is 3. The Morgan fingerprint density at radius 2 is 1.88 bits per heavy atom. The molecule has 0 radical (unpaired) electrons. The normalized spacial score (nSPS) is 13.0. The standard InChI is InChI=1S/C17H22N4O2S/c1-10(14-6-5-7-15(8-14)20-12(3)22)18-17(23)19-11(2)16-9-24-13(4)21-16/h5-11H,1-4H3,(H,20,22)(H2,18,19,23)/t10-,11-/m1/s1. The molecule has 7 heteroatoms. The zero-order chi connectivity index (χ0) is 17.7. The van der Waals surface area contributed by atoms with E-state index in [-0.39, 0.29) is 24.0 Å². The van der Waals surface area contributed by atoms with Crippen LogP contribution in [-0.4, -0.2) is 16.9 Å². The van der Waals surface area contributed by atoms with Crippen molar-refractivity contribution in [2.24, 2.45) is 0 Å². The molecule has 0 aliphatic heterocycles. The number of aromatic nitrogens is 1. The Morgan fingerprint density at radius 3 is 2.50 bits per heavy atom. The summed E-state index contributed by atoms with van der Waals surface area (Å²) in [5.41, 5.74) is 2.47. The smallest absolute Gasteiger partial charge is 0.315 e. The fraction of sp³-hybridized carbons (Fsp3) is 0.353. The quantitative estimate of drug-likeness (QED) is 0.774. The highest BCUT2D eigenvalue weighted by atomic mass is 32.1. The predicted molar refractivity (Wildman–Crippen MR) is 96.1 cm³/mol. The average molecular weight is 346 g/mol. The maximum Gasteiger partial charge on any atom is 0.315 e. The third-order valence-electron chi connectivity index (χ3n) is 3.48. The first-order valence-corrected chi connectivity index (χ1v) is 8.59. The van der Waals surface area contributed by atoms with Crippen molar-refractivity contribution in [2.45, 2.75) is 39.8 Å². The lowest BCUT2D eigenvalue weighted by Crippen LogP contribution is -2.38. The summed E-state index contributed by atoms with van der Waals surface area (Å²) >= 11 is 1.56. The first-order valence-electron chi connectivity index (χ1n) is 7.71. The number of hydrogen-bond acceptors (Lipinski definition) is 4. The monoisotopic (exact) mass is 346 g/mol. The van der Waals surface area contributed by atoms with E-state index in [1.54, 1.807) is 11.3 Å². The SMILES string of the molecule is CC(=O)Nc1cccc([C@@H](C)NC(=O)N[C@H](C)c2csc(C)n2)c1. The number of carbonyl (C=O) groups is 2. The zero-order valence-electron chi connectivity index (χ0n) is 14.2. The van der Waals surface area contributed by atoms with Crippen LogP contribution in [0, 0.1) is 6.92 Å². The molecule has 24 heavy (non-hydrogen) atoms. The van der Waals surface area contributed by atoms with Crippen molar-refractivity contribution < 1.29 is 9.59 Å². The lowest BCUT2D eigenvalue weighted by Gasteiger charge is -2.18.